The second-order valence-corrected chi connectivity index (χ2v) is 10.4. The van der Waals surface area contributed by atoms with Crippen LogP contribution >= 0.6 is 63.7 Å². The maximum absolute atomic E-state index is 11.1. The fourth-order valence-corrected chi connectivity index (χ4v) is 5.61. The highest BCUT2D eigenvalue weighted by Gasteiger charge is 2.27. The zero-order chi connectivity index (χ0) is 23.2. The van der Waals surface area contributed by atoms with Crippen LogP contribution in [0.1, 0.15) is 25.0 Å². The summed E-state index contributed by atoms with van der Waals surface area (Å²) in [6.45, 7) is 8.11. The van der Waals surface area contributed by atoms with Crippen LogP contribution in [0.5, 0.6) is 11.5 Å². The number of hydrogen-bond donors (Lipinski definition) is 1. The van der Waals surface area contributed by atoms with Gasteiger partial charge in [-0.1, -0.05) is 20.4 Å². The van der Waals surface area contributed by atoms with Crippen molar-refractivity contribution in [1.82, 2.24) is 0 Å². The number of halogens is 4. The molecule has 0 heterocycles. The van der Waals surface area contributed by atoms with E-state index in [-0.39, 0.29) is 31.8 Å². The molecule has 0 spiro atoms. The van der Waals surface area contributed by atoms with Crippen LogP contribution in [0.15, 0.2) is 54.8 Å². The Balaban J connectivity index is 2.27. The van der Waals surface area contributed by atoms with E-state index in [0.29, 0.717) is 11.5 Å². The van der Waals surface area contributed by atoms with Gasteiger partial charge in [-0.3, -0.25) is 0 Å². The first-order chi connectivity index (χ1) is 14.6. The van der Waals surface area contributed by atoms with Crippen molar-refractivity contribution in [2.24, 2.45) is 0 Å². The molecule has 2 aromatic rings. The molecule has 0 bridgehead atoms. The lowest BCUT2D eigenvalue weighted by Gasteiger charge is -2.28. The van der Waals surface area contributed by atoms with Crippen molar-refractivity contribution in [3.63, 3.8) is 0 Å². The van der Waals surface area contributed by atoms with Gasteiger partial charge in [0.1, 0.15) is 31.3 Å². The summed E-state index contributed by atoms with van der Waals surface area (Å²) in [7, 11) is 0. The van der Waals surface area contributed by atoms with Crippen molar-refractivity contribution in [1.29, 1.82) is 0 Å². The third-order valence-corrected chi connectivity index (χ3v) is 6.87. The second-order valence-electron chi connectivity index (χ2n) is 6.96. The van der Waals surface area contributed by atoms with E-state index in [4.69, 9.17) is 19.3 Å². The Morgan fingerprint density at radius 1 is 0.903 bits per heavy atom. The fraction of sp³-hybridized carbons (Fsp3) is 0.318. The van der Waals surface area contributed by atoms with Crippen molar-refractivity contribution >= 4 is 69.7 Å². The summed E-state index contributed by atoms with van der Waals surface area (Å²) in [5.41, 5.74) is 1.77. The van der Waals surface area contributed by atoms with Gasteiger partial charge in [-0.2, -0.15) is 0 Å². The predicted octanol–water partition coefficient (Wildman–Crippen LogP) is 6.54. The minimum absolute atomic E-state index is 0.0563. The van der Waals surface area contributed by atoms with Crippen LogP contribution in [0.3, 0.4) is 0 Å². The molecule has 2 rings (SSSR count). The normalized spacial score (nSPS) is 11.2. The van der Waals surface area contributed by atoms with Crippen molar-refractivity contribution in [3.8, 4) is 11.5 Å². The van der Waals surface area contributed by atoms with Gasteiger partial charge in [0.15, 0.2) is 0 Å². The first kappa shape index (κ1) is 26.4. The van der Waals surface area contributed by atoms with Crippen LogP contribution in [0, 0.1) is 0 Å². The summed E-state index contributed by atoms with van der Waals surface area (Å²) in [5, 5.41) is 9.02. The number of ether oxygens (including phenoxy) is 3. The zero-order valence-electron chi connectivity index (χ0n) is 17.0. The Labute approximate surface area is 215 Å². The van der Waals surface area contributed by atoms with Gasteiger partial charge in [-0.25, -0.2) is 4.79 Å². The Morgan fingerprint density at radius 2 is 1.32 bits per heavy atom. The van der Waals surface area contributed by atoms with E-state index in [1.165, 1.54) is 0 Å². The van der Waals surface area contributed by atoms with Gasteiger partial charge in [0.25, 0.3) is 0 Å². The van der Waals surface area contributed by atoms with Crippen LogP contribution in [0.2, 0.25) is 0 Å². The molecule has 0 aliphatic heterocycles. The van der Waals surface area contributed by atoms with E-state index in [1.807, 2.05) is 24.3 Å². The molecular weight excluding hydrogens is 664 g/mol. The van der Waals surface area contributed by atoms with Crippen molar-refractivity contribution in [2.45, 2.75) is 19.3 Å². The first-order valence-corrected chi connectivity index (χ1v) is 12.4. The topological polar surface area (TPSA) is 65.0 Å². The van der Waals surface area contributed by atoms with Crippen LogP contribution in [0.4, 0.5) is 0 Å². The minimum Gasteiger partial charge on any atom is -0.489 e. The number of esters is 1. The van der Waals surface area contributed by atoms with Gasteiger partial charge in [0, 0.05) is 11.5 Å². The molecule has 0 aliphatic carbocycles. The molecule has 0 amide bonds. The largest absolute Gasteiger partial charge is 0.489 e. The highest BCUT2D eigenvalue weighted by molar-refractivity contribution is 9.11. The monoisotopic (exact) mass is 682 g/mol. The standard InChI is InChI=1S/C22H22Br4O5/c1-4-19(28)29-7-8-31-21-17(25)11-14(12-18(21)26)22(2,3)13-9-15(23)20(16(24)10-13)30-6-5-27/h4,9-12,27H,1,5-8H2,2-3H3. The molecule has 0 atom stereocenters. The van der Waals surface area contributed by atoms with Gasteiger partial charge >= 0.3 is 5.97 Å². The summed E-state index contributed by atoms with van der Waals surface area (Å²) in [6.07, 6.45) is 1.12. The second kappa shape index (κ2) is 11.8. The number of hydrogen-bond acceptors (Lipinski definition) is 5. The lowest BCUT2D eigenvalue weighted by Crippen LogP contribution is -2.20. The molecule has 5 nitrogen and oxygen atoms in total. The van der Waals surface area contributed by atoms with E-state index >= 15 is 0 Å². The van der Waals surface area contributed by atoms with Crippen molar-refractivity contribution < 1.29 is 24.1 Å². The molecule has 31 heavy (non-hydrogen) atoms. The van der Waals surface area contributed by atoms with Gasteiger partial charge in [0.2, 0.25) is 0 Å². The molecule has 0 aromatic heterocycles. The summed E-state index contributed by atoms with van der Waals surface area (Å²) in [4.78, 5) is 11.1. The maximum atomic E-state index is 11.1. The Hall–Kier alpha value is -0.870. The number of aliphatic hydroxyl groups excluding tert-OH is 1. The van der Waals surface area contributed by atoms with Crippen molar-refractivity contribution in [3.05, 3.63) is 65.9 Å². The summed E-state index contributed by atoms with van der Waals surface area (Å²) in [6, 6.07) is 8.04. The maximum Gasteiger partial charge on any atom is 0.330 e. The number of carbonyl (C=O) groups is 1. The molecule has 1 N–H and O–H groups in total. The molecule has 9 heteroatoms. The molecule has 168 valence electrons. The van der Waals surface area contributed by atoms with Gasteiger partial charge in [-0.15, -0.1) is 0 Å². The number of carbonyl (C=O) groups excluding carboxylic acids is 1. The average Bonchev–Trinajstić information content (AvgIpc) is 2.71. The Kier molecular flexibility index (Phi) is 10.1. The highest BCUT2D eigenvalue weighted by atomic mass is 79.9. The quantitative estimate of drug-likeness (QED) is 0.175. The SMILES string of the molecule is C=CC(=O)OCCOc1c(Br)cc(C(C)(C)c2cc(Br)c(OCCO)c(Br)c2)cc1Br. The fourth-order valence-electron chi connectivity index (χ4n) is 2.78. The first-order valence-electron chi connectivity index (χ1n) is 9.26. The summed E-state index contributed by atoms with van der Waals surface area (Å²) in [5.74, 6) is 0.796. The number of aliphatic hydroxyl groups is 1. The third-order valence-electron chi connectivity index (χ3n) is 4.52. The lowest BCUT2D eigenvalue weighted by atomic mass is 9.78. The third kappa shape index (κ3) is 6.81. The molecule has 2 aromatic carbocycles. The zero-order valence-corrected chi connectivity index (χ0v) is 23.4. The molecule has 0 saturated carbocycles. The highest BCUT2D eigenvalue weighted by Crippen LogP contribution is 2.44. The van der Waals surface area contributed by atoms with Crippen LogP contribution in [-0.2, 0) is 14.9 Å². The van der Waals surface area contributed by atoms with E-state index < -0.39 is 5.97 Å². The van der Waals surface area contributed by atoms with Crippen molar-refractivity contribution in [2.75, 3.05) is 26.4 Å². The average molecular weight is 686 g/mol. The van der Waals surface area contributed by atoms with Gasteiger partial charge in [0.05, 0.1) is 24.5 Å². The van der Waals surface area contributed by atoms with Crippen LogP contribution in [-0.4, -0.2) is 37.5 Å². The van der Waals surface area contributed by atoms with E-state index in [0.717, 1.165) is 35.1 Å². The number of rotatable bonds is 10. The Morgan fingerprint density at radius 3 is 1.71 bits per heavy atom. The summed E-state index contributed by atoms with van der Waals surface area (Å²) < 4.78 is 19.5. The van der Waals surface area contributed by atoms with Gasteiger partial charge < -0.3 is 19.3 Å². The summed E-state index contributed by atoms with van der Waals surface area (Å²) >= 11 is 14.3. The molecular formula is C22H22Br4O5. The predicted molar refractivity (Wildman–Crippen MR) is 135 cm³/mol. The number of benzene rings is 2. The molecule has 0 radical (unpaired) electrons. The molecule has 0 fully saturated rings. The Bertz CT molecular complexity index is 913. The van der Waals surface area contributed by atoms with Crippen LogP contribution < -0.4 is 9.47 Å². The smallest absolute Gasteiger partial charge is 0.330 e. The molecule has 0 saturated heterocycles. The van der Waals surface area contributed by atoms with Crippen LogP contribution in [0.25, 0.3) is 0 Å². The minimum atomic E-state index is -0.482. The molecule has 0 aliphatic rings. The lowest BCUT2D eigenvalue weighted by molar-refractivity contribution is -0.138. The van der Waals surface area contributed by atoms with E-state index in [9.17, 15) is 4.79 Å². The van der Waals surface area contributed by atoms with E-state index in [1.54, 1.807) is 0 Å². The molecule has 0 unspecified atom stereocenters. The van der Waals surface area contributed by atoms with E-state index in [2.05, 4.69) is 84.1 Å². The van der Waals surface area contributed by atoms with Gasteiger partial charge in [-0.05, 0) is 99.1 Å².